The van der Waals surface area contributed by atoms with Gasteiger partial charge in [0.2, 0.25) is 5.91 Å². The van der Waals surface area contributed by atoms with Gasteiger partial charge in [-0.2, -0.15) is 0 Å². The van der Waals surface area contributed by atoms with Gasteiger partial charge in [-0.15, -0.1) is 0 Å². The minimum Gasteiger partial charge on any atom is -0.481 e. The summed E-state index contributed by atoms with van der Waals surface area (Å²) < 4.78 is 0. The van der Waals surface area contributed by atoms with Crippen LogP contribution in [0.25, 0.3) is 39.3 Å². The van der Waals surface area contributed by atoms with E-state index >= 15 is 0 Å². The molecule has 56 heavy (non-hydrogen) atoms. The largest absolute Gasteiger partial charge is 0.481 e. The van der Waals surface area contributed by atoms with Gasteiger partial charge >= 0.3 is 23.9 Å². The van der Waals surface area contributed by atoms with Crippen LogP contribution in [0.5, 0.6) is 0 Å². The molecule has 0 unspecified atom stereocenters. The first-order valence-electron chi connectivity index (χ1n) is 16.8. The van der Waals surface area contributed by atoms with Gasteiger partial charge in [0, 0.05) is 175 Å². The number of nitrogens with zero attached hydrogens (tertiary/aromatic N) is 2. The number of allylic oxidation sites excluding steroid dienone is 1. The third-order valence-electron chi connectivity index (χ3n) is 9.96. The molecule has 3 aromatic heterocycles. The molecule has 0 saturated carbocycles. The summed E-state index contributed by atoms with van der Waals surface area (Å²) in [5.74, 6) is -7.32. The molecule has 0 spiro atoms. The Balaban J connectivity index is 0.00000392. The van der Waals surface area contributed by atoms with E-state index < -0.39 is 60.5 Å². The van der Waals surface area contributed by atoms with Crippen molar-refractivity contribution in [2.24, 2.45) is 0 Å². The fourth-order valence-electron chi connectivity index (χ4n) is 7.16. The second kappa shape index (κ2) is 21.8. The topological polar surface area (TPSA) is 236 Å². The summed E-state index contributed by atoms with van der Waals surface area (Å²) in [5.41, 5.74) is 7.95. The second-order valence-corrected chi connectivity index (χ2v) is 13.1. The number of carbonyl (C=O) groups is 5. The maximum Gasteiger partial charge on any atom is 0.338 e. The van der Waals surface area contributed by atoms with Crippen LogP contribution in [0.2, 0.25) is 0 Å². The van der Waals surface area contributed by atoms with Crippen LogP contribution < -0.4 is 5.32 Å². The van der Waals surface area contributed by atoms with Crippen molar-refractivity contribution in [3.63, 3.8) is 0 Å². The fraction of sp³-hybridized carbons (Fsp3) is 0.342. The summed E-state index contributed by atoms with van der Waals surface area (Å²) in [5, 5.41) is 41.4. The molecular weight excluding hydrogens is 762 g/mol. The maximum atomic E-state index is 13.6. The summed E-state index contributed by atoms with van der Waals surface area (Å²) in [6, 6.07) is 3.81. The van der Waals surface area contributed by atoms with Crippen LogP contribution in [0.1, 0.15) is 102 Å². The minimum absolute atomic E-state index is 0. The minimum atomic E-state index is -1.77. The van der Waals surface area contributed by atoms with Gasteiger partial charge in [0.25, 0.3) is 0 Å². The number of aromatic nitrogens is 4. The number of H-pyrrole nitrogens is 2. The van der Waals surface area contributed by atoms with Crippen LogP contribution in [0, 0.1) is 13.8 Å². The van der Waals surface area contributed by atoms with Crippen LogP contribution in [0.15, 0.2) is 24.8 Å². The van der Waals surface area contributed by atoms with Crippen molar-refractivity contribution in [3.05, 3.63) is 75.4 Å². The van der Waals surface area contributed by atoms with Gasteiger partial charge in [-0.25, -0.2) is 14.6 Å². The summed E-state index contributed by atoms with van der Waals surface area (Å²) in [6.07, 6.45) is 0.722. The normalized spacial score (nSPS) is 14.9. The van der Waals surface area contributed by atoms with E-state index in [2.05, 4.69) is 21.9 Å². The second-order valence-electron chi connectivity index (χ2n) is 13.1. The quantitative estimate of drug-likeness (QED) is 0.129. The first-order valence-corrected chi connectivity index (χ1v) is 16.8. The summed E-state index contributed by atoms with van der Waals surface area (Å²) in [6.45, 7) is 13.4. The third-order valence-corrected chi connectivity index (χ3v) is 9.96. The molecule has 5 heterocycles. The number of nitrogens with one attached hydrogen (secondary N) is 3. The predicted molar refractivity (Wildman–Crippen MR) is 217 cm³/mol. The molecule has 18 heteroatoms. The standard InChI is InChI=1S/C38H41N5O9.4Na/c1-7-20-16(3)24-12-26-18(5)22(9-10-32(45)46)35(42-26)23(11-31(44)41-30(37(49)50)15-33(47)48)36-34(38(51)52)19(6)27(43-36)14-29-21(8-2)17(4)25(40-29)13-28(20)39-24;;;;/h7,12-14,18,22,30,39-40H,1,8-11,15H2,2-6H3,(H,41,44)(H,45,46)(H,47,48)(H,49,50)(H,51,52);;;;/t18-,22+,30-;;;;/m0..../s1. The van der Waals surface area contributed by atoms with Crippen LogP contribution in [0.3, 0.4) is 0 Å². The first-order chi connectivity index (χ1) is 24.6. The number of aryl methyl sites for hydroxylation is 3. The Morgan fingerprint density at radius 2 is 1.48 bits per heavy atom. The molecule has 4 radical (unpaired) electrons. The molecule has 2 aliphatic rings. The summed E-state index contributed by atoms with van der Waals surface area (Å²) >= 11 is 0. The Bertz CT molecular complexity index is 2260. The smallest absolute Gasteiger partial charge is 0.338 e. The zero-order chi connectivity index (χ0) is 38.2. The number of hydrogen-bond acceptors (Lipinski definition) is 7. The Morgan fingerprint density at radius 1 is 0.857 bits per heavy atom. The zero-order valence-corrected chi connectivity index (χ0v) is 41.5. The van der Waals surface area contributed by atoms with Crippen LogP contribution in [-0.2, 0) is 36.8 Å². The third kappa shape index (κ3) is 11.0. The van der Waals surface area contributed by atoms with Crippen molar-refractivity contribution in [1.29, 1.82) is 0 Å². The average molecular weight is 804 g/mol. The molecule has 7 N–H and O–H groups in total. The van der Waals surface area contributed by atoms with Gasteiger partial charge in [-0.05, 0) is 74.1 Å². The Morgan fingerprint density at radius 3 is 2.04 bits per heavy atom. The molecule has 0 saturated heterocycles. The molecule has 5 rings (SSSR count). The van der Waals surface area contributed by atoms with Crippen LogP contribution in [0.4, 0.5) is 0 Å². The van der Waals surface area contributed by atoms with E-state index in [9.17, 15) is 44.4 Å². The number of aromatic amines is 2. The molecule has 1 amide bonds. The number of carbonyl (C=O) groups excluding carboxylic acids is 1. The summed E-state index contributed by atoms with van der Waals surface area (Å²) in [7, 11) is 0. The van der Waals surface area contributed by atoms with Crippen molar-refractivity contribution in [2.75, 3.05) is 0 Å². The van der Waals surface area contributed by atoms with Gasteiger partial charge in [0.1, 0.15) is 6.04 Å². The molecule has 3 aromatic rings. The van der Waals surface area contributed by atoms with Crippen molar-refractivity contribution < 1.29 is 44.4 Å². The predicted octanol–water partition coefficient (Wildman–Crippen LogP) is 3.97. The van der Waals surface area contributed by atoms with E-state index in [4.69, 9.17) is 9.97 Å². The number of fused-ring (bicyclic) bond motifs is 8. The number of hydrogen-bond donors (Lipinski definition) is 7. The van der Waals surface area contributed by atoms with E-state index in [0.717, 1.165) is 38.8 Å². The van der Waals surface area contributed by atoms with Crippen LogP contribution in [-0.4, -0.2) is 194 Å². The van der Waals surface area contributed by atoms with E-state index in [1.165, 1.54) is 0 Å². The van der Waals surface area contributed by atoms with Crippen molar-refractivity contribution in [2.45, 2.75) is 84.6 Å². The zero-order valence-electron chi connectivity index (χ0n) is 33.5. The number of amides is 1. The van der Waals surface area contributed by atoms with Crippen molar-refractivity contribution in [1.82, 2.24) is 25.3 Å². The molecule has 0 aliphatic carbocycles. The molecule has 14 nitrogen and oxygen atoms in total. The number of rotatable bonds is 12. The average Bonchev–Trinajstić information content (AvgIpc) is 3.74. The van der Waals surface area contributed by atoms with Gasteiger partial charge in [-0.3, -0.25) is 19.4 Å². The number of carboxylic acids is 4. The van der Waals surface area contributed by atoms with Gasteiger partial charge in [0.15, 0.2) is 0 Å². The first kappa shape index (κ1) is 52.0. The summed E-state index contributed by atoms with van der Waals surface area (Å²) in [4.78, 5) is 78.4. The monoisotopic (exact) mass is 803 g/mol. The molecule has 2 aliphatic heterocycles. The van der Waals surface area contributed by atoms with Crippen LogP contribution >= 0.6 is 0 Å². The van der Waals surface area contributed by atoms with Gasteiger partial charge in [-0.1, -0.05) is 26.5 Å². The van der Waals surface area contributed by atoms with Crippen molar-refractivity contribution >= 4 is 187 Å². The van der Waals surface area contributed by atoms with E-state index in [1.54, 1.807) is 19.1 Å². The maximum absolute atomic E-state index is 13.6. The van der Waals surface area contributed by atoms with Gasteiger partial charge < -0.3 is 35.7 Å². The SMILES string of the molecule is C=Cc1c(C)c2cc3nc(c(CC(=O)N[C@@H](CC(=O)O)C(=O)O)c4nc(cc5[nH]c(cc1[nH]2)c(C)c5CC)C(C)=C4C(=O)O)[C@H](CCC(=O)O)[C@@H]3C.[Na].[Na].[Na].[Na]. The number of aliphatic carboxylic acids is 4. The molecule has 3 atom stereocenters. The van der Waals surface area contributed by atoms with E-state index in [0.29, 0.717) is 28.9 Å². The molecule has 0 fully saturated rings. The van der Waals surface area contributed by atoms with E-state index in [-0.39, 0.29) is 154 Å². The Kier molecular flexibility index (Phi) is 20.2. The molecule has 8 bridgehead atoms. The Hall–Kier alpha value is -2.05. The van der Waals surface area contributed by atoms with Gasteiger partial charge in [0.05, 0.1) is 35.5 Å². The molecule has 0 aromatic carbocycles. The molecule has 276 valence electrons. The molecular formula is C38H41N5Na4O9. The van der Waals surface area contributed by atoms with Crippen molar-refractivity contribution in [3.8, 4) is 0 Å². The van der Waals surface area contributed by atoms with E-state index in [1.807, 2.05) is 39.8 Å². The number of carboxylic acid groups (broad SMARTS) is 4. The fourth-order valence-corrected chi connectivity index (χ4v) is 7.16. The Labute approximate surface area is 412 Å².